The first-order valence-electron chi connectivity index (χ1n) is 8.42. The van der Waals surface area contributed by atoms with E-state index < -0.39 is 61.7 Å². The molecule has 1 fully saturated rings. The molecule has 0 bridgehead atoms. The molecule has 30 heavy (non-hydrogen) atoms. The van der Waals surface area contributed by atoms with Crippen molar-refractivity contribution in [3.05, 3.63) is 40.7 Å². The van der Waals surface area contributed by atoms with Gasteiger partial charge in [-0.15, -0.1) is 0 Å². The lowest BCUT2D eigenvalue weighted by molar-refractivity contribution is -0.121. The average Bonchev–Trinajstić information content (AvgIpc) is 3.00. The van der Waals surface area contributed by atoms with E-state index in [9.17, 15) is 26.4 Å². The number of carbonyl (C=O) groups excluding carboxylic acids is 1. The van der Waals surface area contributed by atoms with E-state index in [0.717, 1.165) is 23.4 Å². The van der Waals surface area contributed by atoms with Gasteiger partial charge in [0.15, 0.2) is 11.5 Å². The summed E-state index contributed by atoms with van der Waals surface area (Å²) in [6.45, 7) is 1.33. The van der Waals surface area contributed by atoms with Crippen molar-refractivity contribution >= 4 is 33.2 Å². The topological polar surface area (TPSA) is 119 Å². The third kappa shape index (κ3) is 3.88. The molecule has 1 aliphatic carbocycles. The molecular formula is C17H15ClF3N5O3S. The molecule has 0 aromatic carbocycles. The Labute approximate surface area is 174 Å². The first-order chi connectivity index (χ1) is 13.8. The number of amides is 1. The second-order valence-electron chi connectivity index (χ2n) is 7.19. The summed E-state index contributed by atoms with van der Waals surface area (Å²) in [6, 6.07) is 2.70. The molecule has 2 heterocycles. The average molecular weight is 462 g/mol. The van der Waals surface area contributed by atoms with Crippen LogP contribution in [0.25, 0.3) is 0 Å². The van der Waals surface area contributed by atoms with Crippen molar-refractivity contribution < 1.29 is 26.4 Å². The molecule has 0 aliphatic heterocycles. The molecule has 0 spiro atoms. The molecule has 160 valence electrons. The summed E-state index contributed by atoms with van der Waals surface area (Å²) in [7, 11) is -3.13. The Morgan fingerprint density at radius 2 is 2.07 bits per heavy atom. The Kier molecular flexibility index (Phi) is 5.34. The molecule has 2 N–H and O–H groups in total. The van der Waals surface area contributed by atoms with Crippen molar-refractivity contribution in [1.29, 1.82) is 5.26 Å². The first kappa shape index (κ1) is 22.1. The molecule has 0 saturated heterocycles. The Balaban J connectivity index is 1.88. The van der Waals surface area contributed by atoms with Crippen LogP contribution >= 0.6 is 11.6 Å². The van der Waals surface area contributed by atoms with Gasteiger partial charge in [-0.25, -0.2) is 31.3 Å². The number of H-pyrrole nitrogens is 1. The number of hydrogen-bond acceptors (Lipinski definition) is 5. The number of nitrogens with zero attached hydrogens (tertiary/aromatic N) is 3. The normalized spacial score (nSPS) is 17.1. The van der Waals surface area contributed by atoms with E-state index in [1.54, 1.807) is 6.07 Å². The fourth-order valence-corrected chi connectivity index (χ4v) is 5.28. The van der Waals surface area contributed by atoms with Crippen LogP contribution in [0.3, 0.4) is 0 Å². The quantitative estimate of drug-likeness (QED) is 0.709. The van der Waals surface area contributed by atoms with E-state index >= 15 is 0 Å². The minimum atomic E-state index is -4.33. The number of anilines is 1. The second kappa shape index (κ2) is 7.26. The maximum atomic E-state index is 14.3. The number of sulfonamides is 1. The van der Waals surface area contributed by atoms with E-state index in [2.05, 4.69) is 14.7 Å². The Morgan fingerprint density at radius 3 is 2.63 bits per heavy atom. The molecule has 2 aromatic heterocycles. The largest absolute Gasteiger partial charge is 0.355 e. The summed E-state index contributed by atoms with van der Waals surface area (Å²) in [5.74, 6) is -4.89. The Hall–Kier alpha value is -2.62. The minimum absolute atomic E-state index is 0.274. The third-order valence-electron chi connectivity index (χ3n) is 4.61. The molecule has 13 heteroatoms. The van der Waals surface area contributed by atoms with Gasteiger partial charge in [0.05, 0.1) is 10.7 Å². The van der Waals surface area contributed by atoms with Crippen molar-refractivity contribution in [2.75, 3.05) is 11.9 Å². The number of hydrogen-bond donors (Lipinski definition) is 2. The van der Waals surface area contributed by atoms with Gasteiger partial charge in [0.2, 0.25) is 10.0 Å². The van der Waals surface area contributed by atoms with Crippen LogP contribution in [0.2, 0.25) is 5.02 Å². The van der Waals surface area contributed by atoms with Crippen molar-refractivity contribution in [1.82, 2.24) is 14.7 Å². The van der Waals surface area contributed by atoms with E-state index in [0.29, 0.717) is 0 Å². The van der Waals surface area contributed by atoms with Gasteiger partial charge in [-0.2, -0.15) is 5.26 Å². The van der Waals surface area contributed by atoms with Crippen LogP contribution in [0.15, 0.2) is 23.4 Å². The number of alkyl halides is 2. The zero-order valence-corrected chi connectivity index (χ0v) is 17.2. The number of carbonyl (C=O) groups is 1. The van der Waals surface area contributed by atoms with Crippen LogP contribution in [0.4, 0.5) is 18.9 Å². The van der Waals surface area contributed by atoms with Crippen LogP contribution < -0.4 is 9.62 Å². The van der Waals surface area contributed by atoms with Gasteiger partial charge >= 0.3 is 0 Å². The standard InChI is InChI=1S/C17H15ClF3N5O3S/c1-16(7-17(20,21)8-16)25-30(28,29)11-6-24-14(12(11)18)15(27)26(2)10-3-4-23-9(5-22)13(10)19/h3-4,6,24-25H,7-8H2,1-2H3. The number of halogens is 4. The van der Waals surface area contributed by atoms with Gasteiger partial charge in [0.1, 0.15) is 16.7 Å². The summed E-state index contributed by atoms with van der Waals surface area (Å²) < 4.78 is 68.0. The molecule has 0 unspecified atom stereocenters. The highest BCUT2D eigenvalue weighted by atomic mass is 35.5. The summed E-state index contributed by atoms with van der Waals surface area (Å²) in [4.78, 5) is 19.0. The molecular weight excluding hydrogens is 447 g/mol. The van der Waals surface area contributed by atoms with Gasteiger partial charge in [-0.3, -0.25) is 4.79 Å². The number of aromatic amines is 1. The predicted molar refractivity (Wildman–Crippen MR) is 100 cm³/mol. The molecule has 0 atom stereocenters. The van der Waals surface area contributed by atoms with Crippen LogP contribution in [0, 0.1) is 17.1 Å². The van der Waals surface area contributed by atoms with Crippen molar-refractivity contribution in [2.45, 2.75) is 36.1 Å². The van der Waals surface area contributed by atoms with E-state index in [1.807, 2.05) is 0 Å². The lowest BCUT2D eigenvalue weighted by atomic mass is 9.76. The Morgan fingerprint density at radius 1 is 1.43 bits per heavy atom. The van der Waals surface area contributed by atoms with Crippen molar-refractivity contribution in [3.63, 3.8) is 0 Å². The van der Waals surface area contributed by atoms with Crippen LogP contribution in [0.1, 0.15) is 35.9 Å². The molecule has 0 radical (unpaired) electrons. The first-order valence-corrected chi connectivity index (χ1v) is 10.3. The zero-order chi connectivity index (χ0) is 22.5. The van der Waals surface area contributed by atoms with Crippen molar-refractivity contribution in [2.24, 2.45) is 0 Å². The second-order valence-corrected chi connectivity index (χ2v) is 9.21. The number of aromatic nitrogens is 2. The van der Waals surface area contributed by atoms with Gasteiger partial charge in [0.25, 0.3) is 11.8 Å². The number of rotatable bonds is 5. The molecule has 1 amide bonds. The van der Waals surface area contributed by atoms with Gasteiger partial charge in [0, 0.05) is 37.8 Å². The minimum Gasteiger partial charge on any atom is -0.355 e. The van der Waals surface area contributed by atoms with Crippen LogP contribution in [-0.2, 0) is 10.0 Å². The third-order valence-corrected chi connectivity index (χ3v) is 6.77. The molecule has 2 aromatic rings. The number of nitrogens with one attached hydrogen (secondary N) is 2. The smallest absolute Gasteiger partial charge is 0.276 e. The highest BCUT2D eigenvalue weighted by Crippen LogP contribution is 2.46. The zero-order valence-electron chi connectivity index (χ0n) is 15.6. The molecule has 8 nitrogen and oxygen atoms in total. The maximum absolute atomic E-state index is 14.3. The predicted octanol–water partition coefficient (Wildman–Crippen LogP) is 2.82. The molecule has 1 saturated carbocycles. The van der Waals surface area contributed by atoms with E-state index in [4.69, 9.17) is 16.9 Å². The summed E-state index contributed by atoms with van der Waals surface area (Å²) in [5, 5.41) is 8.38. The highest BCUT2D eigenvalue weighted by molar-refractivity contribution is 7.89. The molecule has 1 aliphatic rings. The summed E-state index contributed by atoms with van der Waals surface area (Å²) in [6.07, 6.45) is 0.734. The summed E-state index contributed by atoms with van der Waals surface area (Å²) in [5.41, 5.74) is -2.51. The van der Waals surface area contributed by atoms with Gasteiger partial charge in [-0.05, 0) is 13.0 Å². The van der Waals surface area contributed by atoms with E-state index in [-0.39, 0.29) is 11.4 Å². The van der Waals surface area contributed by atoms with E-state index in [1.165, 1.54) is 14.0 Å². The lowest BCUT2D eigenvalue weighted by Gasteiger charge is -2.44. The number of pyridine rings is 1. The Bertz CT molecular complexity index is 1170. The fraction of sp³-hybridized carbons (Fsp3) is 0.353. The lowest BCUT2D eigenvalue weighted by Crippen LogP contribution is -2.60. The monoisotopic (exact) mass is 461 g/mol. The van der Waals surface area contributed by atoms with Crippen molar-refractivity contribution in [3.8, 4) is 6.07 Å². The summed E-state index contributed by atoms with van der Waals surface area (Å²) >= 11 is 6.08. The van der Waals surface area contributed by atoms with Gasteiger partial charge in [-0.1, -0.05) is 11.6 Å². The fourth-order valence-electron chi connectivity index (χ4n) is 3.33. The number of nitriles is 1. The van der Waals surface area contributed by atoms with Crippen LogP contribution in [-0.4, -0.2) is 42.8 Å². The SMILES string of the molecule is CN(C(=O)c1[nH]cc(S(=O)(=O)NC2(C)CC(F)(F)C2)c1Cl)c1ccnc(C#N)c1F. The van der Waals surface area contributed by atoms with Gasteiger partial charge < -0.3 is 9.88 Å². The van der Waals surface area contributed by atoms with Crippen LogP contribution in [0.5, 0.6) is 0 Å². The highest BCUT2D eigenvalue weighted by Gasteiger charge is 2.55. The maximum Gasteiger partial charge on any atom is 0.276 e. The molecule has 3 rings (SSSR count).